The fourth-order valence-corrected chi connectivity index (χ4v) is 3.63. The fourth-order valence-electron chi connectivity index (χ4n) is 3.63. The molecule has 106 valence electrons. The van der Waals surface area contributed by atoms with Crippen LogP contribution >= 0.6 is 0 Å². The molecule has 2 rings (SSSR count). The molecule has 0 amide bonds. The predicted octanol–water partition coefficient (Wildman–Crippen LogP) is 1.79. The maximum atomic E-state index is 3.43. The van der Waals surface area contributed by atoms with Crippen LogP contribution in [0.3, 0.4) is 0 Å². The lowest BCUT2D eigenvalue weighted by Gasteiger charge is -2.38. The first-order chi connectivity index (χ1) is 8.69. The lowest BCUT2D eigenvalue weighted by molar-refractivity contribution is 0.117. The van der Waals surface area contributed by atoms with Gasteiger partial charge in [-0.05, 0) is 78.7 Å². The average Bonchev–Trinajstić information content (AvgIpc) is 2.40. The number of piperidine rings is 1. The number of nitrogens with zero attached hydrogens (tertiary/aromatic N) is 2. The van der Waals surface area contributed by atoms with Gasteiger partial charge >= 0.3 is 0 Å². The van der Waals surface area contributed by atoms with Gasteiger partial charge in [0.05, 0.1) is 0 Å². The standard InChI is InChI=1S/C15H31N3/c1-16-14-6-4-13(5-7-14)12-18(3)15-8-10-17(2)11-9-15/h13-16H,4-12H2,1-3H3. The summed E-state index contributed by atoms with van der Waals surface area (Å²) in [7, 11) is 6.70. The van der Waals surface area contributed by atoms with Crippen molar-refractivity contribution >= 4 is 0 Å². The molecule has 1 N–H and O–H groups in total. The molecule has 0 aromatic rings. The Morgan fingerprint density at radius 1 is 1.06 bits per heavy atom. The molecule has 0 atom stereocenters. The summed E-state index contributed by atoms with van der Waals surface area (Å²) < 4.78 is 0. The third kappa shape index (κ3) is 3.94. The molecular weight excluding hydrogens is 222 g/mol. The summed E-state index contributed by atoms with van der Waals surface area (Å²) in [5.41, 5.74) is 0. The van der Waals surface area contributed by atoms with E-state index in [-0.39, 0.29) is 0 Å². The molecule has 0 aromatic carbocycles. The van der Waals surface area contributed by atoms with E-state index in [0.717, 1.165) is 18.0 Å². The van der Waals surface area contributed by atoms with E-state index in [1.165, 1.54) is 58.2 Å². The van der Waals surface area contributed by atoms with Gasteiger partial charge in [0.25, 0.3) is 0 Å². The van der Waals surface area contributed by atoms with Gasteiger partial charge in [0.1, 0.15) is 0 Å². The molecule has 2 aliphatic rings. The second-order valence-corrected chi connectivity index (χ2v) is 6.48. The van der Waals surface area contributed by atoms with Gasteiger partial charge in [-0.15, -0.1) is 0 Å². The molecule has 2 fully saturated rings. The normalized spacial score (nSPS) is 32.0. The Labute approximate surface area is 113 Å². The molecule has 18 heavy (non-hydrogen) atoms. The topological polar surface area (TPSA) is 18.5 Å². The smallest absolute Gasteiger partial charge is 0.0117 e. The highest BCUT2D eigenvalue weighted by Crippen LogP contribution is 2.26. The van der Waals surface area contributed by atoms with Crippen LogP contribution in [0.2, 0.25) is 0 Å². The van der Waals surface area contributed by atoms with Crippen LogP contribution in [0.15, 0.2) is 0 Å². The minimum atomic E-state index is 0.787. The Bertz CT molecular complexity index is 228. The number of rotatable bonds is 4. The predicted molar refractivity (Wildman–Crippen MR) is 78.0 cm³/mol. The Morgan fingerprint density at radius 3 is 2.22 bits per heavy atom. The summed E-state index contributed by atoms with van der Waals surface area (Å²) in [6.45, 7) is 3.88. The molecule has 0 spiro atoms. The first kappa shape index (κ1) is 14.3. The summed E-state index contributed by atoms with van der Waals surface area (Å²) in [6.07, 6.45) is 8.31. The van der Waals surface area contributed by atoms with Crippen LogP contribution in [0.5, 0.6) is 0 Å². The van der Waals surface area contributed by atoms with Crippen LogP contribution in [0.1, 0.15) is 38.5 Å². The average molecular weight is 253 g/mol. The lowest BCUT2D eigenvalue weighted by atomic mass is 9.85. The van der Waals surface area contributed by atoms with Gasteiger partial charge in [-0.2, -0.15) is 0 Å². The van der Waals surface area contributed by atoms with E-state index in [1.54, 1.807) is 0 Å². The van der Waals surface area contributed by atoms with Crippen LogP contribution in [0.25, 0.3) is 0 Å². The Kier molecular flexibility index (Phi) is 5.46. The zero-order chi connectivity index (χ0) is 13.0. The minimum Gasteiger partial charge on any atom is -0.317 e. The highest BCUT2D eigenvalue weighted by atomic mass is 15.2. The van der Waals surface area contributed by atoms with Gasteiger partial charge in [-0.3, -0.25) is 0 Å². The Balaban J connectivity index is 1.69. The molecule has 1 saturated heterocycles. The molecule has 3 nitrogen and oxygen atoms in total. The van der Waals surface area contributed by atoms with Crippen molar-refractivity contribution in [1.29, 1.82) is 0 Å². The molecule has 3 heteroatoms. The lowest BCUT2D eigenvalue weighted by Crippen LogP contribution is -2.44. The van der Waals surface area contributed by atoms with E-state index in [9.17, 15) is 0 Å². The highest BCUT2D eigenvalue weighted by molar-refractivity contribution is 4.81. The third-order valence-corrected chi connectivity index (χ3v) is 5.11. The molecular formula is C15H31N3. The largest absolute Gasteiger partial charge is 0.317 e. The van der Waals surface area contributed by atoms with E-state index in [4.69, 9.17) is 0 Å². The van der Waals surface area contributed by atoms with Gasteiger partial charge in [0.2, 0.25) is 0 Å². The van der Waals surface area contributed by atoms with E-state index < -0.39 is 0 Å². The second kappa shape index (κ2) is 6.88. The molecule has 1 saturated carbocycles. The van der Waals surface area contributed by atoms with Gasteiger partial charge in [0.15, 0.2) is 0 Å². The van der Waals surface area contributed by atoms with Gasteiger partial charge in [-0.25, -0.2) is 0 Å². The summed E-state index contributed by atoms with van der Waals surface area (Å²) in [6, 6.07) is 1.62. The zero-order valence-electron chi connectivity index (χ0n) is 12.5. The summed E-state index contributed by atoms with van der Waals surface area (Å²) in [4.78, 5) is 5.11. The fraction of sp³-hybridized carbons (Fsp3) is 1.00. The van der Waals surface area contributed by atoms with E-state index in [2.05, 4.69) is 36.3 Å². The SMILES string of the molecule is CNC1CCC(CN(C)C2CCN(C)CC2)CC1. The highest BCUT2D eigenvalue weighted by Gasteiger charge is 2.25. The molecule has 1 heterocycles. The molecule has 1 aliphatic heterocycles. The van der Waals surface area contributed by atoms with E-state index in [0.29, 0.717) is 0 Å². The number of nitrogens with one attached hydrogen (secondary N) is 1. The van der Waals surface area contributed by atoms with Crippen molar-refractivity contribution in [2.75, 3.05) is 40.8 Å². The molecule has 0 bridgehead atoms. The van der Waals surface area contributed by atoms with Gasteiger partial charge in [0, 0.05) is 18.6 Å². The second-order valence-electron chi connectivity index (χ2n) is 6.48. The number of likely N-dealkylation sites (tertiary alicyclic amines) is 1. The molecule has 1 aliphatic carbocycles. The van der Waals surface area contributed by atoms with Crippen LogP contribution in [-0.4, -0.2) is 62.7 Å². The van der Waals surface area contributed by atoms with Crippen molar-refractivity contribution in [3.63, 3.8) is 0 Å². The van der Waals surface area contributed by atoms with Crippen molar-refractivity contribution in [2.24, 2.45) is 5.92 Å². The van der Waals surface area contributed by atoms with Crippen LogP contribution < -0.4 is 5.32 Å². The Hall–Kier alpha value is -0.120. The summed E-state index contributed by atoms with van der Waals surface area (Å²) in [5.74, 6) is 0.944. The monoisotopic (exact) mass is 253 g/mol. The van der Waals surface area contributed by atoms with Crippen molar-refractivity contribution in [2.45, 2.75) is 50.6 Å². The summed E-state index contributed by atoms with van der Waals surface area (Å²) in [5, 5.41) is 3.43. The zero-order valence-corrected chi connectivity index (χ0v) is 12.5. The number of hydrogen-bond acceptors (Lipinski definition) is 3. The molecule has 0 unspecified atom stereocenters. The minimum absolute atomic E-state index is 0.787. The van der Waals surface area contributed by atoms with Crippen LogP contribution in [0, 0.1) is 5.92 Å². The van der Waals surface area contributed by atoms with Crippen molar-refractivity contribution < 1.29 is 0 Å². The van der Waals surface area contributed by atoms with Crippen molar-refractivity contribution in [3.05, 3.63) is 0 Å². The Morgan fingerprint density at radius 2 is 1.67 bits per heavy atom. The third-order valence-electron chi connectivity index (χ3n) is 5.11. The first-order valence-corrected chi connectivity index (χ1v) is 7.75. The quantitative estimate of drug-likeness (QED) is 0.824. The van der Waals surface area contributed by atoms with Crippen LogP contribution in [0.4, 0.5) is 0 Å². The summed E-state index contributed by atoms with van der Waals surface area (Å²) >= 11 is 0. The molecule has 0 aromatic heterocycles. The van der Waals surface area contributed by atoms with Crippen molar-refractivity contribution in [3.8, 4) is 0 Å². The van der Waals surface area contributed by atoms with Gasteiger partial charge in [-0.1, -0.05) is 0 Å². The maximum absolute atomic E-state index is 3.43. The van der Waals surface area contributed by atoms with E-state index >= 15 is 0 Å². The number of hydrogen-bond donors (Lipinski definition) is 1. The van der Waals surface area contributed by atoms with Crippen LogP contribution in [-0.2, 0) is 0 Å². The van der Waals surface area contributed by atoms with E-state index in [1.807, 2.05) is 0 Å². The molecule has 0 radical (unpaired) electrons. The van der Waals surface area contributed by atoms with Crippen molar-refractivity contribution in [1.82, 2.24) is 15.1 Å². The first-order valence-electron chi connectivity index (χ1n) is 7.75. The maximum Gasteiger partial charge on any atom is 0.0117 e. The van der Waals surface area contributed by atoms with Gasteiger partial charge < -0.3 is 15.1 Å².